The van der Waals surface area contributed by atoms with E-state index in [1.165, 1.54) is 31.4 Å². The summed E-state index contributed by atoms with van der Waals surface area (Å²) in [7, 11) is 2.74. The molecule has 188 valence electrons. The number of nitrogens with zero attached hydrogens (tertiary/aromatic N) is 3. The first-order valence-electron chi connectivity index (χ1n) is 10.5. The van der Waals surface area contributed by atoms with Crippen LogP contribution in [0.5, 0.6) is 5.88 Å². The van der Waals surface area contributed by atoms with Gasteiger partial charge in [-0.15, -0.1) is 0 Å². The monoisotopic (exact) mass is 495 g/mol. The summed E-state index contributed by atoms with van der Waals surface area (Å²) < 4.78 is 48.8. The number of hydrogen-bond acceptors (Lipinski definition) is 7. The Morgan fingerprint density at radius 1 is 1.20 bits per heavy atom. The molecule has 3 rings (SSSR count). The lowest BCUT2D eigenvalue weighted by molar-refractivity contribution is -0.146. The predicted octanol–water partition coefficient (Wildman–Crippen LogP) is 2.00. The number of anilines is 1. The molecule has 0 unspecified atom stereocenters. The van der Waals surface area contributed by atoms with E-state index >= 15 is 0 Å². The van der Waals surface area contributed by atoms with E-state index in [1.807, 2.05) is 0 Å². The van der Waals surface area contributed by atoms with Gasteiger partial charge in [0.2, 0.25) is 5.88 Å². The molecule has 3 amide bonds. The minimum Gasteiger partial charge on any atom is -0.480 e. The molecule has 0 radical (unpaired) electrons. The van der Waals surface area contributed by atoms with Crippen molar-refractivity contribution in [1.82, 2.24) is 14.9 Å². The van der Waals surface area contributed by atoms with Crippen molar-refractivity contribution in [2.24, 2.45) is 11.7 Å². The van der Waals surface area contributed by atoms with Crippen LogP contribution in [0.15, 0.2) is 30.6 Å². The van der Waals surface area contributed by atoms with Gasteiger partial charge in [-0.3, -0.25) is 19.4 Å². The second kappa shape index (κ2) is 10.7. The van der Waals surface area contributed by atoms with Crippen LogP contribution in [0.4, 0.5) is 18.9 Å². The zero-order valence-electron chi connectivity index (χ0n) is 19.0. The third-order valence-corrected chi connectivity index (χ3v) is 5.41. The van der Waals surface area contributed by atoms with Gasteiger partial charge in [-0.2, -0.15) is 13.2 Å². The molecule has 13 heteroatoms. The van der Waals surface area contributed by atoms with E-state index < -0.39 is 35.5 Å². The minimum atomic E-state index is -4.55. The molecule has 1 fully saturated rings. The fraction of sp³-hybridized carbons (Fsp3) is 0.409. The molecule has 1 aliphatic rings. The third kappa shape index (κ3) is 6.44. The van der Waals surface area contributed by atoms with Crippen LogP contribution in [0.1, 0.15) is 34.5 Å². The number of carbonyl (C=O) groups is 3. The van der Waals surface area contributed by atoms with Crippen molar-refractivity contribution >= 4 is 23.4 Å². The number of amides is 3. The van der Waals surface area contributed by atoms with Gasteiger partial charge >= 0.3 is 18.0 Å². The lowest BCUT2D eigenvalue weighted by Gasteiger charge is -2.31. The average Bonchev–Trinajstić information content (AvgIpc) is 3.65. The van der Waals surface area contributed by atoms with Gasteiger partial charge in [-0.1, -0.05) is 0 Å². The maximum atomic E-state index is 13.2. The first kappa shape index (κ1) is 25.9. The molecule has 1 atom stereocenters. The Bertz CT molecular complexity index is 1090. The van der Waals surface area contributed by atoms with Gasteiger partial charge in [0.25, 0.3) is 5.91 Å². The van der Waals surface area contributed by atoms with Gasteiger partial charge in [0.15, 0.2) is 0 Å². The average molecular weight is 495 g/mol. The molecule has 0 saturated heterocycles. The zero-order valence-corrected chi connectivity index (χ0v) is 19.0. The SMILES string of the molecule is COC[C@@H](C1CC1)N(Cc1ccc(C(F)(F)F)cn1)C(=O)C(=O)Nc1cnc(OC)c(C(N)=O)c1. The quantitative estimate of drug-likeness (QED) is 0.508. The zero-order chi connectivity index (χ0) is 25.8. The molecule has 1 saturated carbocycles. The van der Waals surface area contributed by atoms with Crippen LogP contribution in [0, 0.1) is 5.92 Å². The maximum absolute atomic E-state index is 13.2. The summed E-state index contributed by atoms with van der Waals surface area (Å²) in [6.45, 7) is -0.0808. The van der Waals surface area contributed by atoms with Gasteiger partial charge < -0.3 is 25.4 Å². The molecule has 3 N–H and O–H groups in total. The number of nitrogens with one attached hydrogen (secondary N) is 1. The van der Waals surface area contributed by atoms with E-state index in [4.69, 9.17) is 15.2 Å². The van der Waals surface area contributed by atoms with Crippen LogP contribution in [0.2, 0.25) is 0 Å². The fourth-order valence-corrected chi connectivity index (χ4v) is 3.51. The molecule has 2 aromatic rings. The number of halogens is 3. The van der Waals surface area contributed by atoms with Gasteiger partial charge in [-0.05, 0) is 37.0 Å². The highest BCUT2D eigenvalue weighted by atomic mass is 19.4. The minimum absolute atomic E-state index is 0.0280. The van der Waals surface area contributed by atoms with E-state index in [0.29, 0.717) is 6.20 Å². The molecule has 2 heterocycles. The van der Waals surface area contributed by atoms with Crippen LogP contribution in [-0.4, -0.2) is 59.5 Å². The number of ether oxygens (including phenoxy) is 2. The van der Waals surface area contributed by atoms with Crippen LogP contribution < -0.4 is 15.8 Å². The Morgan fingerprint density at radius 3 is 2.43 bits per heavy atom. The Balaban J connectivity index is 1.84. The molecule has 10 nitrogen and oxygen atoms in total. The number of rotatable bonds is 9. The van der Waals surface area contributed by atoms with Crippen molar-refractivity contribution < 1.29 is 37.0 Å². The predicted molar refractivity (Wildman–Crippen MR) is 116 cm³/mol. The maximum Gasteiger partial charge on any atom is 0.417 e. The number of alkyl halides is 3. The normalized spacial score (nSPS) is 14.2. The van der Waals surface area contributed by atoms with Crippen LogP contribution >= 0.6 is 0 Å². The molecule has 0 bridgehead atoms. The molecule has 0 spiro atoms. The summed E-state index contributed by atoms with van der Waals surface area (Å²) in [6, 6.07) is 2.75. The van der Waals surface area contributed by atoms with Gasteiger partial charge in [0.05, 0.1) is 49.4 Å². The molecule has 0 aliphatic heterocycles. The number of carbonyl (C=O) groups excluding carboxylic acids is 3. The topological polar surface area (TPSA) is 137 Å². The molecule has 2 aromatic heterocycles. The smallest absolute Gasteiger partial charge is 0.417 e. The van der Waals surface area contributed by atoms with Gasteiger partial charge in [0.1, 0.15) is 5.56 Å². The van der Waals surface area contributed by atoms with E-state index in [9.17, 15) is 27.6 Å². The number of nitrogens with two attached hydrogens (primary N) is 1. The standard InChI is InChI=1S/C22H24F3N5O5/c1-34-11-17(12-3-4-12)30(10-14-6-5-13(8-27-14)22(23,24)25)21(33)19(32)29-15-7-16(18(26)31)20(35-2)28-9-15/h5-9,12,17H,3-4,10-11H2,1-2H3,(H2,26,31)(H,29,32)/t17-/m0/s1. The lowest BCUT2D eigenvalue weighted by atomic mass is 10.1. The van der Waals surface area contributed by atoms with Crippen molar-refractivity contribution in [2.45, 2.75) is 31.6 Å². The van der Waals surface area contributed by atoms with Crippen LogP contribution in [0.25, 0.3) is 0 Å². The summed E-state index contributed by atoms with van der Waals surface area (Å²) in [5.41, 5.74) is 4.47. The summed E-state index contributed by atoms with van der Waals surface area (Å²) in [6.07, 6.45) is -1.07. The number of hydrogen-bond donors (Lipinski definition) is 2. The molecular formula is C22H24F3N5O5. The summed E-state index contributed by atoms with van der Waals surface area (Å²) >= 11 is 0. The lowest BCUT2D eigenvalue weighted by Crippen LogP contribution is -2.48. The highest BCUT2D eigenvalue weighted by Crippen LogP contribution is 2.36. The van der Waals surface area contributed by atoms with E-state index in [2.05, 4.69) is 15.3 Å². The molecule has 35 heavy (non-hydrogen) atoms. The molecule has 1 aliphatic carbocycles. The Morgan fingerprint density at radius 2 is 1.91 bits per heavy atom. The van der Waals surface area contributed by atoms with Crippen molar-refractivity contribution in [3.8, 4) is 5.88 Å². The van der Waals surface area contributed by atoms with Gasteiger partial charge in [-0.25, -0.2) is 4.98 Å². The van der Waals surface area contributed by atoms with Crippen molar-refractivity contribution in [1.29, 1.82) is 0 Å². The summed E-state index contributed by atoms with van der Waals surface area (Å²) in [5, 5.41) is 2.37. The molecular weight excluding hydrogens is 471 g/mol. The number of methoxy groups -OCH3 is 2. The Hall–Kier alpha value is -3.74. The largest absolute Gasteiger partial charge is 0.480 e. The molecule has 0 aromatic carbocycles. The van der Waals surface area contributed by atoms with Gasteiger partial charge in [0, 0.05) is 13.3 Å². The first-order chi connectivity index (χ1) is 16.5. The van der Waals surface area contributed by atoms with Crippen molar-refractivity contribution in [3.05, 3.63) is 47.4 Å². The van der Waals surface area contributed by atoms with Crippen molar-refractivity contribution in [2.75, 3.05) is 26.1 Å². The Labute approximate surface area is 198 Å². The van der Waals surface area contributed by atoms with Crippen LogP contribution in [-0.2, 0) is 27.0 Å². The summed E-state index contributed by atoms with van der Waals surface area (Å²) in [5.74, 6) is -2.81. The van der Waals surface area contributed by atoms with E-state index in [-0.39, 0.29) is 41.9 Å². The number of pyridine rings is 2. The second-order valence-electron chi connectivity index (χ2n) is 7.93. The fourth-order valence-electron chi connectivity index (χ4n) is 3.51. The summed E-state index contributed by atoms with van der Waals surface area (Å²) in [4.78, 5) is 46.6. The second-order valence-corrected chi connectivity index (χ2v) is 7.93. The van der Waals surface area contributed by atoms with Crippen molar-refractivity contribution in [3.63, 3.8) is 0 Å². The van der Waals surface area contributed by atoms with E-state index in [1.54, 1.807) is 0 Å². The number of primary amides is 1. The third-order valence-electron chi connectivity index (χ3n) is 5.41. The first-order valence-corrected chi connectivity index (χ1v) is 10.5. The Kier molecular flexibility index (Phi) is 7.89. The highest BCUT2D eigenvalue weighted by molar-refractivity contribution is 6.39. The highest BCUT2D eigenvalue weighted by Gasteiger charge is 2.40. The van der Waals surface area contributed by atoms with E-state index in [0.717, 1.165) is 25.0 Å². The van der Waals surface area contributed by atoms with Crippen LogP contribution in [0.3, 0.4) is 0 Å². The number of aromatic nitrogens is 2.